The Bertz CT molecular complexity index is 638. The average Bonchev–Trinajstić information content (AvgIpc) is 2.90. The number of fused-ring (bicyclic) bond motifs is 2. The van der Waals surface area contributed by atoms with Crippen molar-refractivity contribution in [1.82, 2.24) is 14.6 Å². The zero-order valence-electron chi connectivity index (χ0n) is 12.4. The van der Waals surface area contributed by atoms with E-state index in [-0.39, 0.29) is 0 Å². The van der Waals surface area contributed by atoms with Gasteiger partial charge >= 0.3 is 0 Å². The molecule has 1 aromatic carbocycles. The van der Waals surface area contributed by atoms with Gasteiger partial charge in [0.05, 0.1) is 0 Å². The van der Waals surface area contributed by atoms with Gasteiger partial charge in [-0.05, 0) is 55.8 Å². The lowest BCUT2D eigenvalue weighted by Gasteiger charge is -2.24. The third-order valence-electron chi connectivity index (χ3n) is 4.73. The Balaban J connectivity index is 1.60. The standard InChI is InChI=1S/C17H21N3S/c1-12-8-18-9-13-4-2-6-16(17(12)13)21-20-10-14-5-3-7-19-15(14)11-20/h2,4,6,8-9,14-15,19H,3,5,7,10-11H2,1H3. The van der Waals surface area contributed by atoms with E-state index in [1.807, 2.05) is 24.3 Å². The molecule has 0 saturated carbocycles. The van der Waals surface area contributed by atoms with Crippen LogP contribution in [0.25, 0.3) is 10.8 Å². The summed E-state index contributed by atoms with van der Waals surface area (Å²) < 4.78 is 2.54. The van der Waals surface area contributed by atoms with Gasteiger partial charge in [0.25, 0.3) is 0 Å². The van der Waals surface area contributed by atoms with Crippen LogP contribution in [0.2, 0.25) is 0 Å². The van der Waals surface area contributed by atoms with Crippen LogP contribution < -0.4 is 5.32 Å². The molecule has 2 saturated heterocycles. The summed E-state index contributed by atoms with van der Waals surface area (Å²) in [5.74, 6) is 0.837. The molecule has 21 heavy (non-hydrogen) atoms. The van der Waals surface area contributed by atoms with Crippen LogP contribution in [-0.2, 0) is 0 Å². The Kier molecular flexibility index (Phi) is 3.61. The summed E-state index contributed by atoms with van der Waals surface area (Å²) in [5.41, 5.74) is 1.27. The molecule has 0 bridgehead atoms. The molecule has 2 fully saturated rings. The van der Waals surface area contributed by atoms with E-state index < -0.39 is 0 Å². The number of pyridine rings is 1. The molecule has 1 aromatic heterocycles. The molecule has 3 heterocycles. The monoisotopic (exact) mass is 299 g/mol. The summed E-state index contributed by atoms with van der Waals surface area (Å²) >= 11 is 1.93. The highest BCUT2D eigenvalue weighted by atomic mass is 32.2. The van der Waals surface area contributed by atoms with E-state index in [2.05, 4.69) is 39.7 Å². The van der Waals surface area contributed by atoms with Gasteiger partial charge in [-0.3, -0.25) is 4.98 Å². The zero-order chi connectivity index (χ0) is 14.2. The highest BCUT2D eigenvalue weighted by Gasteiger charge is 2.34. The smallest absolute Gasteiger partial charge is 0.0346 e. The second kappa shape index (κ2) is 5.59. The molecular weight excluding hydrogens is 278 g/mol. The largest absolute Gasteiger partial charge is 0.312 e. The van der Waals surface area contributed by atoms with E-state index in [4.69, 9.17) is 0 Å². The van der Waals surface area contributed by atoms with Gasteiger partial charge < -0.3 is 5.32 Å². The maximum Gasteiger partial charge on any atom is 0.0346 e. The fraction of sp³-hybridized carbons (Fsp3) is 0.471. The lowest BCUT2D eigenvalue weighted by atomic mass is 9.94. The minimum atomic E-state index is 0.698. The minimum absolute atomic E-state index is 0.698. The van der Waals surface area contributed by atoms with E-state index in [9.17, 15) is 0 Å². The fourth-order valence-electron chi connectivity index (χ4n) is 3.67. The molecule has 2 unspecified atom stereocenters. The molecule has 0 amide bonds. The first kappa shape index (κ1) is 13.6. The molecule has 2 aromatic rings. The second-order valence-corrected chi connectivity index (χ2v) is 7.35. The predicted octanol–water partition coefficient (Wildman–Crippen LogP) is 3.23. The topological polar surface area (TPSA) is 28.2 Å². The first-order chi connectivity index (χ1) is 10.3. The Hall–Kier alpha value is -1.10. The highest BCUT2D eigenvalue weighted by molar-refractivity contribution is 7.97. The lowest BCUT2D eigenvalue weighted by molar-refractivity contribution is 0.339. The number of hydrogen-bond donors (Lipinski definition) is 1. The van der Waals surface area contributed by atoms with Crippen LogP contribution in [-0.4, -0.2) is 35.0 Å². The molecule has 2 aliphatic heterocycles. The van der Waals surface area contributed by atoms with E-state index in [1.54, 1.807) is 0 Å². The Labute approximate surface area is 130 Å². The van der Waals surface area contributed by atoms with Gasteiger partial charge in [-0.15, -0.1) is 0 Å². The summed E-state index contributed by atoms with van der Waals surface area (Å²) in [6, 6.07) is 7.25. The van der Waals surface area contributed by atoms with Crippen LogP contribution >= 0.6 is 11.9 Å². The number of hydrogen-bond acceptors (Lipinski definition) is 4. The van der Waals surface area contributed by atoms with Crippen molar-refractivity contribution in [2.45, 2.75) is 30.7 Å². The summed E-state index contributed by atoms with van der Waals surface area (Å²) in [7, 11) is 0. The second-order valence-electron chi connectivity index (χ2n) is 6.21. The Morgan fingerprint density at radius 2 is 2.24 bits per heavy atom. The number of rotatable bonds is 2. The fourth-order valence-corrected chi connectivity index (χ4v) is 4.96. The van der Waals surface area contributed by atoms with Crippen molar-refractivity contribution in [2.24, 2.45) is 5.92 Å². The molecule has 4 rings (SSSR count). The first-order valence-corrected chi connectivity index (χ1v) is 8.58. The van der Waals surface area contributed by atoms with Gasteiger partial charge in [-0.1, -0.05) is 12.1 Å². The quantitative estimate of drug-likeness (QED) is 0.862. The lowest BCUT2D eigenvalue weighted by Crippen LogP contribution is -2.40. The van der Waals surface area contributed by atoms with E-state index in [1.165, 1.54) is 47.2 Å². The normalized spacial score (nSPS) is 26.1. The molecule has 110 valence electrons. The number of nitrogens with one attached hydrogen (secondary N) is 1. The van der Waals surface area contributed by atoms with Crippen LogP contribution in [0.3, 0.4) is 0 Å². The van der Waals surface area contributed by atoms with Gasteiger partial charge in [-0.2, -0.15) is 0 Å². The van der Waals surface area contributed by atoms with Crippen molar-refractivity contribution in [3.63, 3.8) is 0 Å². The van der Waals surface area contributed by atoms with Crippen LogP contribution in [0.15, 0.2) is 35.5 Å². The van der Waals surface area contributed by atoms with Crippen LogP contribution in [0.5, 0.6) is 0 Å². The molecule has 0 spiro atoms. The third-order valence-corrected chi connectivity index (χ3v) is 5.82. The SMILES string of the molecule is Cc1cncc2cccc(SN3CC4CCCNC4C3)c12. The van der Waals surface area contributed by atoms with Gasteiger partial charge in [0, 0.05) is 47.2 Å². The van der Waals surface area contributed by atoms with E-state index in [0.717, 1.165) is 12.5 Å². The summed E-state index contributed by atoms with van der Waals surface area (Å²) in [6.45, 7) is 5.72. The molecule has 4 heteroatoms. The maximum absolute atomic E-state index is 4.31. The molecular formula is C17H21N3S. The van der Waals surface area contributed by atoms with Gasteiger partial charge in [0.15, 0.2) is 0 Å². The van der Waals surface area contributed by atoms with Crippen molar-refractivity contribution in [3.05, 3.63) is 36.2 Å². The maximum atomic E-state index is 4.31. The molecule has 2 aliphatic rings. The van der Waals surface area contributed by atoms with E-state index >= 15 is 0 Å². The highest BCUT2D eigenvalue weighted by Crippen LogP contribution is 2.36. The first-order valence-electron chi connectivity index (χ1n) is 7.81. The zero-order valence-corrected chi connectivity index (χ0v) is 13.2. The third kappa shape index (κ3) is 2.56. The number of aryl methyl sites for hydroxylation is 1. The Morgan fingerprint density at radius 3 is 3.14 bits per heavy atom. The minimum Gasteiger partial charge on any atom is -0.312 e. The summed E-state index contributed by atoms with van der Waals surface area (Å²) in [5, 5.41) is 6.29. The predicted molar refractivity (Wildman–Crippen MR) is 88.4 cm³/mol. The van der Waals surface area contributed by atoms with Gasteiger partial charge in [0.2, 0.25) is 0 Å². The molecule has 0 aliphatic carbocycles. The van der Waals surface area contributed by atoms with Crippen molar-refractivity contribution in [3.8, 4) is 0 Å². The molecule has 1 N–H and O–H groups in total. The number of aromatic nitrogens is 1. The van der Waals surface area contributed by atoms with Crippen molar-refractivity contribution < 1.29 is 0 Å². The van der Waals surface area contributed by atoms with Crippen LogP contribution in [0.4, 0.5) is 0 Å². The van der Waals surface area contributed by atoms with Crippen molar-refractivity contribution >= 4 is 22.7 Å². The summed E-state index contributed by atoms with van der Waals surface area (Å²) in [6.07, 6.45) is 6.65. The molecule has 3 nitrogen and oxygen atoms in total. The van der Waals surface area contributed by atoms with E-state index in [0.29, 0.717) is 6.04 Å². The van der Waals surface area contributed by atoms with Crippen LogP contribution in [0, 0.1) is 12.8 Å². The summed E-state index contributed by atoms with van der Waals surface area (Å²) in [4.78, 5) is 5.68. The van der Waals surface area contributed by atoms with Crippen molar-refractivity contribution in [2.75, 3.05) is 19.6 Å². The number of nitrogens with zero attached hydrogens (tertiary/aromatic N) is 2. The van der Waals surface area contributed by atoms with Gasteiger partial charge in [-0.25, -0.2) is 4.31 Å². The molecule has 2 atom stereocenters. The Morgan fingerprint density at radius 1 is 1.29 bits per heavy atom. The van der Waals surface area contributed by atoms with Crippen LogP contribution in [0.1, 0.15) is 18.4 Å². The number of piperidine rings is 1. The number of benzene rings is 1. The van der Waals surface area contributed by atoms with Gasteiger partial charge in [0.1, 0.15) is 0 Å². The van der Waals surface area contributed by atoms with Crippen molar-refractivity contribution in [1.29, 1.82) is 0 Å². The average molecular weight is 299 g/mol. The molecule has 0 radical (unpaired) electrons.